The summed E-state index contributed by atoms with van der Waals surface area (Å²) < 4.78 is 19.1. The maximum Gasteiger partial charge on any atom is 0.329 e. The van der Waals surface area contributed by atoms with Crippen LogP contribution in [0.3, 0.4) is 0 Å². The normalized spacial score (nSPS) is 43.5. The number of para-hydroxylation sites is 1. The van der Waals surface area contributed by atoms with E-state index in [4.69, 9.17) is 14.2 Å². The Morgan fingerprint density at radius 3 is 2.44 bits per heavy atom. The summed E-state index contributed by atoms with van der Waals surface area (Å²) in [4.78, 5) is 38.4. The second kappa shape index (κ2) is 9.34. The summed E-state index contributed by atoms with van der Waals surface area (Å²) in [6, 6.07) is 13.2. The van der Waals surface area contributed by atoms with Crippen molar-refractivity contribution in [1.29, 1.82) is 0 Å². The Morgan fingerprint density at radius 1 is 0.880 bits per heavy atom. The van der Waals surface area contributed by atoms with Crippen LogP contribution < -0.4 is 14.5 Å². The van der Waals surface area contributed by atoms with Gasteiger partial charge in [-0.1, -0.05) is 41.5 Å². The summed E-state index contributed by atoms with van der Waals surface area (Å²) >= 11 is 0. The average molecular weight is 675 g/mol. The highest BCUT2D eigenvalue weighted by Crippen LogP contribution is 2.74. The predicted molar refractivity (Wildman–Crippen MR) is 188 cm³/mol. The van der Waals surface area contributed by atoms with Crippen LogP contribution in [0.25, 0.3) is 0 Å². The van der Waals surface area contributed by atoms with Crippen LogP contribution in [-0.2, 0) is 29.9 Å². The van der Waals surface area contributed by atoms with E-state index in [-0.39, 0.29) is 41.4 Å². The summed E-state index contributed by atoms with van der Waals surface area (Å²) in [7, 11) is 5.36. The van der Waals surface area contributed by atoms with Crippen molar-refractivity contribution in [1.82, 2.24) is 9.80 Å². The second-order valence-corrected chi connectivity index (χ2v) is 16.4. The summed E-state index contributed by atoms with van der Waals surface area (Å²) in [5, 5.41) is 0. The van der Waals surface area contributed by atoms with Gasteiger partial charge in [-0.2, -0.15) is 0 Å². The molecule has 9 heterocycles. The van der Waals surface area contributed by atoms with Gasteiger partial charge in [0.25, 0.3) is 0 Å². The van der Waals surface area contributed by atoms with E-state index in [1.807, 2.05) is 0 Å². The number of hydrogen-bond donors (Lipinski definition) is 0. The molecule has 10 atom stereocenters. The van der Waals surface area contributed by atoms with E-state index in [9.17, 15) is 9.59 Å². The number of methoxy groups -OCH3 is 2. The molecule has 12 rings (SSSR count). The van der Waals surface area contributed by atoms with Gasteiger partial charge in [-0.25, -0.2) is 4.79 Å². The molecule has 2 aromatic rings. The quantitative estimate of drug-likeness (QED) is 0.332. The highest BCUT2D eigenvalue weighted by Gasteiger charge is 2.81. The molecule has 2 spiro atoms. The number of nitrogens with zero attached hydrogens (tertiary/aromatic N) is 4. The third kappa shape index (κ3) is 2.78. The Balaban J connectivity index is 1.18. The number of piperidine rings is 3. The molecule has 0 radical (unpaired) electrons. The number of likely N-dealkylation sites (N-methyl/N-ethyl adjacent to an activating group) is 1. The number of rotatable bonds is 2. The van der Waals surface area contributed by atoms with Crippen LogP contribution in [0.5, 0.6) is 5.75 Å². The lowest BCUT2D eigenvalue weighted by molar-refractivity contribution is -0.156. The Labute approximate surface area is 293 Å². The van der Waals surface area contributed by atoms with E-state index >= 15 is 0 Å². The molecule has 1 aliphatic carbocycles. The lowest BCUT2D eigenvalue weighted by atomic mass is 9.54. The fourth-order valence-corrected chi connectivity index (χ4v) is 14.1. The molecular formula is C41H46N4O5. The molecule has 0 aromatic heterocycles. The molecule has 1 saturated carbocycles. The molecule has 6 saturated heterocycles. The zero-order chi connectivity index (χ0) is 34.1. The van der Waals surface area contributed by atoms with Gasteiger partial charge in [0.2, 0.25) is 5.72 Å². The maximum atomic E-state index is 14.2. The zero-order valence-electron chi connectivity index (χ0n) is 29.7. The lowest BCUT2D eigenvalue weighted by Gasteiger charge is -2.64. The van der Waals surface area contributed by atoms with Crippen LogP contribution in [-0.4, -0.2) is 92.7 Å². The Kier molecular flexibility index (Phi) is 5.58. The van der Waals surface area contributed by atoms with Gasteiger partial charge in [-0.05, 0) is 81.2 Å². The van der Waals surface area contributed by atoms with Gasteiger partial charge < -0.3 is 24.0 Å². The van der Waals surface area contributed by atoms with Gasteiger partial charge in [0.15, 0.2) is 0 Å². The van der Waals surface area contributed by atoms with Gasteiger partial charge in [0.1, 0.15) is 17.5 Å². The van der Waals surface area contributed by atoms with Gasteiger partial charge in [-0.15, -0.1) is 0 Å². The number of esters is 2. The van der Waals surface area contributed by atoms with Crippen LogP contribution in [0, 0.1) is 17.8 Å². The average Bonchev–Trinajstić information content (AvgIpc) is 3.72. The fraction of sp³-hybridized carbons (Fsp3) is 0.561. The van der Waals surface area contributed by atoms with Crippen LogP contribution in [0.15, 0.2) is 59.7 Å². The second-order valence-electron chi connectivity index (χ2n) is 16.4. The van der Waals surface area contributed by atoms with E-state index in [1.54, 1.807) is 7.11 Å². The van der Waals surface area contributed by atoms with E-state index in [0.29, 0.717) is 0 Å². The summed E-state index contributed by atoms with van der Waals surface area (Å²) in [6.07, 6.45) is 9.12. The zero-order valence-corrected chi connectivity index (χ0v) is 29.7. The molecule has 50 heavy (non-hydrogen) atoms. The third-order valence-corrected chi connectivity index (χ3v) is 15.7. The third-order valence-electron chi connectivity index (χ3n) is 15.7. The van der Waals surface area contributed by atoms with Crippen molar-refractivity contribution < 1.29 is 23.8 Å². The minimum atomic E-state index is -0.793. The fourth-order valence-electron chi connectivity index (χ4n) is 14.1. The van der Waals surface area contributed by atoms with Crippen LogP contribution in [0.2, 0.25) is 0 Å². The molecule has 0 amide bonds. The molecule has 260 valence electrons. The number of hydrogen-bond acceptors (Lipinski definition) is 9. The van der Waals surface area contributed by atoms with Gasteiger partial charge in [-0.3, -0.25) is 14.6 Å². The van der Waals surface area contributed by atoms with Crippen molar-refractivity contribution >= 4 is 23.3 Å². The van der Waals surface area contributed by atoms with Crippen molar-refractivity contribution in [3.05, 3.63) is 76.4 Å². The summed E-state index contributed by atoms with van der Waals surface area (Å²) in [6.45, 7) is 7.88. The standard InChI is InChI=1S/C41H46N4O5/c1-6-23-21-43-16-14-38-27-10-8-9-11-30(27)45-35(37(47)49-5)26(23)18-33(43)41(38,45)50-32-20-28-31(19-29(32)38)42(3)40-13-12-25-24(7-2)22-44(40)17-15-39(28,40)34(25)36(46)48-4/h6-11,19-20,25-26,33-35H,12-18,21-22H2,1-5H3/b23-6-,24-7-/t25-,26-,33-,34-,35-,38+,39-,40-,41-/m0/s1. The van der Waals surface area contributed by atoms with Gasteiger partial charge in [0, 0.05) is 61.5 Å². The number of carbonyl (C=O) groups is 2. The minimum absolute atomic E-state index is 0.0520. The first-order valence-electron chi connectivity index (χ1n) is 18.7. The molecule has 9 heteroatoms. The molecule has 9 aliphatic heterocycles. The lowest BCUT2D eigenvalue weighted by Crippen LogP contribution is -2.81. The number of benzene rings is 2. The van der Waals surface area contributed by atoms with Crippen LogP contribution >= 0.6 is 0 Å². The number of ether oxygens (including phenoxy) is 3. The minimum Gasteiger partial charge on any atom is -0.469 e. The Morgan fingerprint density at radius 2 is 1.66 bits per heavy atom. The SMILES string of the molecule is C/C=C1/CN2CC[C@@]34c5cc6c(cc5O[C@@]35[C@@H]2C[C@@H]1[C@@H](C(=O)OC)N5c1ccccc14)[C@]12CCN3C/C(=C/C)[C@H](CC[C@]31N6C)[C@H]2C(=O)OC. The van der Waals surface area contributed by atoms with Crippen molar-refractivity contribution in [2.45, 2.75) is 80.3 Å². The maximum absolute atomic E-state index is 14.2. The monoisotopic (exact) mass is 674 g/mol. The van der Waals surface area contributed by atoms with Crippen molar-refractivity contribution in [2.75, 3.05) is 57.2 Å². The highest BCUT2D eigenvalue weighted by molar-refractivity contribution is 5.89. The van der Waals surface area contributed by atoms with E-state index in [2.05, 4.69) is 89.0 Å². The Hall–Kier alpha value is -3.82. The van der Waals surface area contributed by atoms with Crippen LogP contribution in [0.1, 0.15) is 62.6 Å². The highest BCUT2D eigenvalue weighted by atomic mass is 16.5. The first-order valence-corrected chi connectivity index (χ1v) is 18.7. The number of anilines is 2. The van der Waals surface area contributed by atoms with E-state index < -0.39 is 22.6 Å². The van der Waals surface area contributed by atoms with Crippen LogP contribution in [0.4, 0.5) is 11.4 Å². The molecule has 7 fully saturated rings. The topological polar surface area (TPSA) is 74.8 Å². The number of fused-ring (bicyclic) bond motifs is 7. The largest absolute Gasteiger partial charge is 0.469 e. The first-order chi connectivity index (χ1) is 24.3. The molecule has 10 aliphatic rings. The number of allylic oxidation sites excluding steroid dienone is 2. The van der Waals surface area contributed by atoms with Crippen molar-refractivity contribution in [3.63, 3.8) is 0 Å². The molecule has 1 unspecified atom stereocenters. The molecular weight excluding hydrogens is 628 g/mol. The number of carbonyl (C=O) groups excluding carboxylic acids is 2. The summed E-state index contributed by atoms with van der Waals surface area (Å²) in [5.74, 6) is 0.562. The smallest absolute Gasteiger partial charge is 0.329 e. The predicted octanol–water partition coefficient (Wildman–Crippen LogP) is 4.73. The van der Waals surface area contributed by atoms with Gasteiger partial charge in [0.05, 0.1) is 31.6 Å². The van der Waals surface area contributed by atoms with E-state index in [1.165, 1.54) is 40.6 Å². The van der Waals surface area contributed by atoms with E-state index in [0.717, 1.165) is 69.7 Å². The molecule has 2 aromatic carbocycles. The molecule has 6 bridgehead atoms. The summed E-state index contributed by atoms with van der Waals surface area (Å²) in [5.41, 5.74) is 6.74. The Bertz CT molecular complexity index is 1990. The molecule has 0 N–H and O–H groups in total. The van der Waals surface area contributed by atoms with Gasteiger partial charge >= 0.3 is 11.9 Å². The molecule has 9 nitrogen and oxygen atoms in total. The van der Waals surface area contributed by atoms with Crippen molar-refractivity contribution in [2.24, 2.45) is 17.8 Å². The van der Waals surface area contributed by atoms with Crippen molar-refractivity contribution in [3.8, 4) is 5.75 Å². The first kappa shape index (κ1) is 29.9.